The van der Waals surface area contributed by atoms with Gasteiger partial charge in [0, 0.05) is 43.3 Å². The summed E-state index contributed by atoms with van der Waals surface area (Å²) >= 11 is 0. The van der Waals surface area contributed by atoms with E-state index in [0.29, 0.717) is 23.3 Å². The standard InChI is InChI=1S/C16H23N3O2/c1-11-9-19(10-12(2)18(11)4)16(21)14-6-5-7-15(8-14)17-13(3)20/h5-8,11-12H,9-10H2,1-4H3,(H,17,20). The van der Waals surface area contributed by atoms with E-state index in [4.69, 9.17) is 0 Å². The molecule has 5 heteroatoms. The van der Waals surface area contributed by atoms with E-state index in [0.717, 1.165) is 13.1 Å². The number of nitrogens with zero attached hydrogens (tertiary/aromatic N) is 2. The Labute approximate surface area is 125 Å². The molecule has 2 rings (SSSR count). The van der Waals surface area contributed by atoms with Crippen molar-refractivity contribution in [3.8, 4) is 0 Å². The number of hydrogen-bond donors (Lipinski definition) is 1. The average molecular weight is 289 g/mol. The minimum atomic E-state index is -0.138. The summed E-state index contributed by atoms with van der Waals surface area (Å²) in [4.78, 5) is 27.9. The van der Waals surface area contributed by atoms with Crippen LogP contribution in [0.5, 0.6) is 0 Å². The zero-order valence-corrected chi connectivity index (χ0v) is 13.1. The van der Waals surface area contributed by atoms with Crippen LogP contribution in [0.25, 0.3) is 0 Å². The lowest BCUT2D eigenvalue weighted by Crippen LogP contribution is -2.56. The van der Waals surface area contributed by atoms with Crippen molar-refractivity contribution in [1.29, 1.82) is 0 Å². The normalized spacial score (nSPS) is 23.0. The molecule has 1 aliphatic heterocycles. The Kier molecular flexibility index (Phi) is 4.63. The molecule has 0 bridgehead atoms. The number of piperazine rings is 1. The number of hydrogen-bond acceptors (Lipinski definition) is 3. The predicted molar refractivity (Wildman–Crippen MR) is 83.3 cm³/mol. The van der Waals surface area contributed by atoms with E-state index in [-0.39, 0.29) is 11.8 Å². The van der Waals surface area contributed by atoms with Gasteiger partial charge < -0.3 is 10.2 Å². The maximum atomic E-state index is 12.6. The topological polar surface area (TPSA) is 52.7 Å². The Morgan fingerprint density at radius 2 is 1.81 bits per heavy atom. The van der Waals surface area contributed by atoms with Crippen LogP contribution >= 0.6 is 0 Å². The summed E-state index contributed by atoms with van der Waals surface area (Å²) < 4.78 is 0. The van der Waals surface area contributed by atoms with Crippen LogP contribution in [0, 0.1) is 0 Å². The number of anilines is 1. The van der Waals surface area contributed by atoms with Crippen molar-refractivity contribution in [3.63, 3.8) is 0 Å². The second-order valence-corrected chi connectivity index (χ2v) is 5.84. The van der Waals surface area contributed by atoms with Crippen LogP contribution < -0.4 is 5.32 Å². The van der Waals surface area contributed by atoms with E-state index in [1.165, 1.54) is 6.92 Å². The van der Waals surface area contributed by atoms with Gasteiger partial charge in [-0.2, -0.15) is 0 Å². The van der Waals surface area contributed by atoms with Crippen LogP contribution in [0.4, 0.5) is 5.69 Å². The van der Waals surface area contributed by atoms with Gasteiger partial charge in [-0.05, 0) is 39.1 Å². The Balaban J connectivity index is 2.14. The van der Waals surface area contributed by atoms with Gasteiger partial charge in [0.2, 0.25) is 5.91 Å². The second kappa shape index (κ2) is 6.26. The fourth-order valence-corrected chi connectivity index (χ4v) is 2.69. The molecule has 5 nitrogen and oxygen atoms in total. The summed E-state index contributed by atoms with van der Waals surface area (Å²) in [6.07, 6.45) is 0. The smallest absolute Gasteiger partial charge is 0.254 e. The summed E-state index contributed by atoms with van der Waals surface area (Å²) in [7, 11) is 2.09. The maximum absolute atomic E-state index is 12.6. The van der Waals surface area contributed by atoms with E-state index in [2.05, 4.69) is 31.1 Å². The number of carbonyl (C=O) groups is 2. The molecule has 0 radical (unpaired) electrons. The summed E-state index contributed by atoms with van der Waals surface area (Å²) in [5.74, 6) is -0.115. The van der Waals surface area contributed by atoms with Gasteiger partial charge in [0.05, 0.1) is 0 Å². The highest BCUT2D eigenvalue weighted by molar-refractivity contribution is 5.96. The van der Waals surface area contributed by atoms with E-state index >= 15 is 0 Å². The highest BCUT2D eigenvalue weighted by atomic mass is 16.2. The number of benzene rings is 1. The van der Waals surface area contributed by atoms with Crippen molar-refractivity contribution < 1.29 is 9.59 Å². The van der Waals surface area contributed by atoms with Gasteiger partial charge in [0.15, 0.2) is 0 Å². The third kappa shape index (κ3) is 3.61. The highest BCUT2D eigenvalue weighted by Crippen LogP contribution is 2.18. The first kappa shape index (κ1) is 15.5. The first-order valence-electron chi connectivity index (χ1n) is 7.27. The van der Waals surface area contributed by atoms with Gasteiger partial charge in [-0.15, -0.1) is 0 Å². The summed E-state index contributed by atoms with van der Waals surface area (Å²) in [5.41, 5.74) is 1.27. The van der Waals surface area contributed by atoms with Crippen LogP contribution in [0.1, 0.15) is 31.1 Å². The van der Waals surface area contributed by atoms with Gasteiger partial charge in [-0.1, -0.05) is 6.07 Å². The van der Waals surface area contributed by atoms with E-state index in [1.807, 2.05) is 4.90 Å². The Bertz CT molecular complexity index is 532. The fraction of sp³-hybridized carbons (Fsp3) is 0.500. The van der Waals surface area contributed by atoms with E-state index in [1.54, 1.807) is 24.3 Å². The van der Waals surface area contributed by atoms with Gasteiger partial charge in [0.25, 0.3) is 5.91 Å². The van der Waals surface area contributed by atoms with Crippen LogP contribution in [-0.2, 0) is 4.79 Å². The highest BCUT2D eigenvalue weighted by Gasteiger charge is 2.29. The lowest BCUT2D eigenvalue weighted by Gasteiger charge is -2.42. The van der Waals surface area contributed by atoms with Gasteiger partial charge in [-0.25, -0.2) is 0 Å². The number of rotatable bonds is 2. The molecule has 0 aromatic heterocycles. The Hall–Kier alpha value is -1.88. The molecule has 2 unspecified atom stereocenters. The molecule has 1 fully saturated rings. The third-order valence-corrected chi connectivity index (χ3v) is 4.08. The lowest BCUT2D eigenvalue weighted by molar-refractivity contribution is -0.114. The summed E-state index contributed by atoms with van der Waals surface area (Å²) in [6, 6.07) is 7.79. The third-order valence-electron chi connectivity index (χ3n) is 4.08. The minimum absolute atomic E-state index is 0.0222. The average Bonchev–Trinajstić information content (AvgIpc) is 2.43. The molecule has 2 amide bonds. The zero-order chi connectivity index (χ0) is 15.6. The fourth-order valence-electron chi connectivity index (χ4n) is 2.69. The van der Waals surface area contributed by atoms with Crippen LogP contribution in [0.3, 0.4) is 0 Å². The van der Waals surface area contributed by atoms with E-state index < -0.39 is 0 Å². The van der Waals surface area contributed by atoms with Crippen molar-refractivity contribution in [2.45, 2.75) is 32.9 Å². The number of nitrogens with one attached hydrogen (secondary N) is 1. The molecule has 1 saturated heterocycles. The van der Waals surface area contributed by atoms with Crippen LogP contribution in [0.2, 0.25) is 0 Å². The van der Waals surface area contributed by atoms with Crippen molar-refractivity contribution >= 4 is 17.5 Å². The molecule has 1 aliphatic rings. The number of carbonyl (C=O) groups excluding carboxylic acids is 2. The van der Waals surface area contributed by atoms with Gasteiger partial charge in [0.1, 0.15) is 0 Å². The van der Waals surface area contributed by atoms with Gasteiger partial charge in [-0.3, -0.25) is 14.5 Å². The van der Waals surface area contributed by atoms with Gasteiger partial charge >= 0.3 is 0 Å². The maximum Gasteiger partial charge on any atom is 0.254 e. The molecular weight excluding hydrogens is 266 g/mol. The zero-order valence-electron chi connectivity index (χ0n) is 13.1. The number of likely N-dealkylation sites (N-methyl/N-ethyl adjacent to an activating group) is 1. The van der Waals surface area contributed by atoms with Crippen LogP contribution in [-0.4, -0.2) is 53.8 Å². The molecule has 114 valence electrons. The lowest BCUT2D eigenvalue weighted by atomic mass is 10.1. The molecule has 1 aromatic rings. The minimum Gasteiger partial charge on any atom is -0.336 e. The molecular formula is C16H23N3O2. The van der Waals surface area contributed by atoms with Crippen molar-refractivity contribution in [3.05, 3.63) is 29.8 Å². The Morgan fingerprint density at radius 3 is 2.38 bits per heavy atom. The first-order chi connectivity index (χ1) is 9.88. The summed E-state index contributed by atoms with van der Waals surface area (Å²) in [6.45, 7) is 7.17. The quantitative estimate of drug-likeness (QED) is 0.903. The first-order valence-corrected chi connectivity index (χ1v) is 7.27. The summed E-state index contributed by atoms with van der Waals surface area (Å²) in [5, 5.41) is 2.71. The predicted octanol–water partition coefficient (Wildman–Crippen LogP) is 1.81. The monoisotopic (exact) mass is 289 g/mol. The largest absolute Gasteiger partial charge is 0.336 e. The molecule has 21 heavy (non-hydrogen) atoms. The van der Waals surface area contributed by atoms with Crippen molar-refractivity contribution in [2.75, 3.05) is 25.5 Å². The van der Waals surface area contributed by atoms with Crippen molar-refractivity contribution in [1.82, 2.24) is 9.80 Å². The Morgan fingerprint density at radius 1 is 1.19 bits per heavy atom. The molecule has 0 saturated carbocycles. The van der Waals surface area contributed by atoms with Crippen molar-refractivity contribution in [2.24, 2.45) is 0 Å². The molecule has 1 N–H and O–H groups in total. The molecule has 1 heterocycles. The van der Waals surface area contributed by atoms with Crippen LogP contribution in [0.15, 0.2) is 24.3 Å². The molecule has 0 aliphatic carbocycles. The van der Waals surface area contributed by atoms with E-state index in [9.17, 15) is 9.59 Å². The molecule has 0 spiro atoms. The molecule has 2 atom stereocenters. The number of amides is 2. The SMILES string of the molecule is CC(=O)Nc1cccc(C(=O)N2CC(C)N(C)C(C)C2)c1. The molecule has 1 aromatic carbocycles. The second-order valence-electron chi connectivity index (χ2n) is 5.84.